The van der Waals surface area contributed by atoms with Gasteiger partial charge in [0.1, 0.15) is 29.9 Å². The smallest absolute Gasteiger partial charge is 0.326 e. The van der Waals surface area contributed by atoms with E-state index in [0.717, 1.165) is 10.9 Å². The molecule has 0 aliphatic heterocycles. The summed E-state index contributed by atoms with van der Waals surface area (Å²) in [7, 11) is 0. The Morgan fingerprint density at radius 2 is 1.41 bits per heavy atom. The largest absolute Gasteiger partial charge is 0.508 e. The zero-order valence-corrected chi connectivity index (χ0v) is 33.5. The fourth-order valence-electron chi connectivity index (χ4n) is 6.19. The number of H-pyrrole nitrogens is 1. The van der Waals surface area contributed by atoms with Gasteiger partial charge >= 0.3 is 5.97 Å². The summed E-state index contributed by atoms with van der Waals surface area (Å²) in [5.41, 5.74) is 24.8. The summed E-state index contributed by atoms with van der Waals surface area (Å²) >= 11 is 0. The number of amides is 5. The van der Waals surface area contributed by atoms with Crippen molar-refractivity contribution in [2.45, 2.75) is 95.4 Å². The maximum Gasteiger partial charge on any atom is 0.326 e. The lowest BCUT2D eigenvalue weighted by atomic mass is 9.98. The minimum absolute atomic E-state index is 0.0210. The summed E-state index contributed by atoms with van der Waals surface area (Å²) in [4.78, 5) is 86.7. The van der Waals surface area contributed by atoms with Gasteiger partial charge in [-0.05, 0) is 73.9 Å². The number of fused-ring (bicyclic) bond motifs is 1. The van der Waals surface area contributed by atoms with Crippen LogP contribution in [-0.4, -0.2) is 107 Å². The van der Waals surface area contributed by atoms with Crippen molar-refractivity contribution in [2.75, 3.05) is 19.6 Å². The van der Waals surface area contributed by atoms with Crippen LogP contribution in [0.5, 0.6) is 5.75 Å². The van der Waals surface area contributed by atoms with E-state index in [0.29, 0.717) is 36.9 Å². The zero-order chi connectivity index (χ0) is 43.5. The van der Waals surface area contributed by atoms with E-state index in [1.807, 2.05) is 38.1 Å². The Bertz CT molecular complexity index is 1900. The van der Waals surface area contributed by atoms with E-state index in [-0.39, 0.29) is 56.3 Å². The van der Waals surface area contributed by atoms with Crippen molar-refractivity contribution in [3.8, 4) is 5.75 Å². The molecule has 322 valence electrons. The molecule has 1 heterocycles. The van der Waals surface area contributed by atoms with Crippen molar-refractivity contribution in [3.05, 3.63) is 65.9 Å². The van der Waals surface area contributed by atoms with Crippen molar-refractivity contribution >= 4 is 52.4 Å². The second-order valence-electron chi connectivity index (χ2n) is 14.4. The Morgan fingerprint density at radius 1 is 0.780 bits per heavy atom. The Balaban J connectivity index is 1.80. The van der Waals surface area contributed by atoms with Crippen LogP contribution in [0.25, 0.3) is 10.9 Å². The highest BCUT2D eigenvalue weighted by Crippen LogP contribution is 2.19. The molecule has 19 heteroatoms. The predicted octanol–water partition coefficient (Wildman–Crippen LogP) is -0.645. The van der Waals surface area contributed by atoms with Gasteiger partial charge < -0.3 is 64.7 Å². The van der Waals surface area contributed by atoms with Gasteiger partial charge in [0, 0.05) is 36.5 Å². The van der Waals surface area contributed by atoms with Crippen LogP contribution in [-0.2, 0) is 41.6 Å². The third kappa shape index (κ3) is 15.6. The number of hydrogen-bond acceptors (Lipinski definition) is 10. The number of rotatable bonds is 25. The van der Waals surface area contributed by atoms with Crippen LogP contribution < -0.4 is 49.5 Å². The number of guanidine groups is 1. The van der Waals surface area contributed by atoms with Crippen LogP contribution in [0.3, 0.4) is 0 Å². The van der Waals surface area contributed by atoms with Crippen molar-refractivity contribution in [1.29, 1.82) is 0 Å². The SMILES string of the molecule is CC[C@H](C)[C@H](N)C(=O)N[C@@H](CCCCN)C(=O)N[C@@H](CCCN=C(N)N)C(=O)N[C@@H](Cc1ccc(O)cc1)C(=O)NCC(=O)N[C@@H](Cc1c[nH]c2ccccc12)C(=O)O. The maximum atomic E-state index is 14.0. The summed E-state index contributed by atoms with van der Waals surface area (Å²) in [5, 5.41) is 33.5. The number of unbranched alkanes of at least 4 members (excludes halogenated alkanes) is 1. The number of aromatic amines is 1. The number of aliphatic imine (C=N–C) groups is 1. The molecule has 0 aliphatic rings. The van der Waals surface area contributed by atoms with E-state index in [9.17, 15) is 39.0 Å². The zero-order valence-electron chi connectivity index (χ0n) is 33.5. The number of para-hydroxylation sites is 1. The number of nitrogens with zero attached hydrogens (tertiary/aromatic N) is 1. The normalized spacial score (nSPS) is 14.1. The topological polar surface area (TPSA) is 335 Å². The summed E-state index contributed by atoms with van der Waals surface area (Å²) < 4.78 is 0. The maximum absolute atomic E-state index is 14.0. The number of hydrogen-bond donors (Lipinski definition) is 12. The third-order valence-electron chi connectivity index (χ3n) is 9.88. The average molecular weight is 822 g/mol. The van der Waals surface area contributed by atoms with Gasteiger partial charge in [-0.25, -0.2) is 4.79 Å². The molecule has 3 aromatic rings. The molecule has 5 amide bonds. The van der Waals surface area contributed by atoms with Gasteiger partial charge in [-0.15, -0.1) is 0 Å². The van der Waals surface area contributed by atoms with Crippen molar-refractivity contribution in [2.24, 2.45) is 33.8 Å². The molecular formula is C40H59N11O8. The number of aliphatic carboxylic acids is 1. The number of aromatic nitrogens is 1. The van der Waals surface area contributed by atoms with Gasteiger partial charge in [0.05, 0.1) is 12.6 Å². The number of carboxylic acid groups (broad SMARTS) is 1. The highest BCUT2D eigenvalue weighted by Gasteiger charge is 2.31. The molecule has 3 rings (SSSR count). The summed E-state index contributed by atoms with van der Waals surface area (Å²) in [6.07, 6.45) is 3.71. The molecule has 0 aliphatic carbocycles. The third-order valence-corrected chi connectivity index (χ3v) is 9.88. The average Bonchev–Trinajstić information content (AvgIpc) is 3.62. The van der Waals surface area contributed by atoms with E-state index in [1.165, 1.54) is 12.1 Å². The standard InChI is InChI=1S/C40H59N11O8/c1-3-23(2)34(42)38(57)50-29(11-6-7-17-41)36(55)49-30(12-8-18-45-40(43)44)37(56)51-31(19-24-13-15-26(52)16-14-24)35(54)47-22-33(53)48-32(39(58)59)20-25-21-46-28-10-5-4-9-27(25)28/h4-5,9-10,13-16,21,23,29-32,34,46,52H,3,6-8,11-12,17-20,22,41-42H2,1-2H3,(H,47,54)(H,48,53)(H,49,55)(H,50,57)(H,51,56)(H,58,59)(H4,43,44,45)/t23-,29-,30-,31-,32-,34-/m0/s1. The molecule has 0 radical (unpaired) electrons. The van der Waals surface area contributed by atoms with E-state index in [1.54, 1.807) is 18.3 Å². The van der Waals surface area contributed by atoms with Crippen LogP contribution in [0.2, 0.25) is 0 Å². The van der Waals surface area contributed by atoms with E-state index in [4.69, 9.17) is 22.9 Å². The molecule has 59 heavy (non-hydrogen) atoms. The lowest BCUT2D eigenvalue weighted by molar-refractivity contribution is -0.141. The number of phenolic OH excluding ortho intramolecular Hbond substituents is 1. The molecule has 0 saturated carbocycles. The monoisotopic (exact) mass is 821 g/mol. The fourth-order valence-corrected chi connectivity index (χ4v) is 6.19. The number of nitrogens with one attached hydrogen (secondary N) is 6. The lowest BCUT2D eigenvalue weighted by Gasteiger charge is -2.27. The first-order valence-electron chi connectivity index (χ1n) is 19.7. The first-order chi connectivity index (χ1) is 28.1. The van der Waals surface area contributed by atoms with Crippen LogP contribution in [0.1, 0.15) is 63.5 Å². The van der Waals surface area contributed by atoms with Crippen molar-refractivity contribution in [3.63, 3.8) is 0 Å². The van der Waals surface area contributed by atoms with Crippen LogP contribution >= 0.6 is 0 Å². The molecule has 19 nitrogen and oxygen atoms in total. The van der Waals surface area contributed by atoms with Gasteiger partial charge in [0.2, 0.25) is 29.5 Å². The molecule has 2 aromatic carbocycles. The number of carbonyl (C=O) groups is 6. The fraction of sp³-hybridized carbons (Fsp3) is 0.475. The van der Waals surface area contributed by atoms with Crippen LogP contribution in [0, 0.1) is 5.92 Å². The Morgan fingerprint density at radius 3 is 2.03 bits per heavy atom. The second-order valence-corrected chi connectivity index (χ2v) is 14.4. The number of aromatic hydroxyl groups is 1. The van der Waals surface area contributed by atoms with Crippen LogP contribution in [0.15, 0.2) is 59.7 Å². The number of nitrogens with two attached hydrogens (primary N) is 4. The molecule has 0 unspecified atom stereocenters. The van der Waals surface area contributed by atoms with Gasteiger partial charge in [-0.1, -0.05) is 50.6 Å². The summed E-state index contributed by atoms with van der Waals surface area (Å²) in [5.74, 6) is -5.17. The molecule has 1 aromatic heterocycles. The lowest BCUT2D eigenvalue weighted by Crippen LogP contribution is -2.58. The van der Waals surface area contributed by atoms with E-state index < -0.39 is 72.3 Å². The number of carboxylic acids is 1. The molecule has 0 bridgehead atoms. The predicted molar refractivity (Wildman–Crippen MR) is 222 cm³/mol. The Labute approximate surface area is 342 Å². The molecule has 16 N–H and O–H groups in total. The Kier molecular flexibility index (Phi) is 19.1. The number of phenols is 1. The highest BCUT2D eigenvalue weighted by atomic mass is 16.4. The van der Waals surface area contributed by atoms with Crippen molar-refractivity contribution < 1.29 is 39.0 Å². The van der Waals surface area contributed by atoms with Gasteiger partial charge in [0.25, 0.3) is 0 Å². The van der Waals surface area contributed by atoms with Gasteiger partial charge in [0.15, 0.2) is 5.96 Å². The number of carbonyl (C=O) groups excluding carboxylic acids is 5. The van der Waals surface area contributed by atoms with Gasteiger partial charge in [-0.3, -0.25) is 29.0 Å². The quantitative estimate of drug-likeness (QED) is 0.0288. The number of benzene rings is 2. The van der Waals surface area contributed by atoms with E-state index >= 15 is 0 Å². The van der Waals surface area contributed by atoms with Crippen LogP contribution in [0.4, 0.5) is 0 Å². The first kappa shape index (κ1) is 47.2. The second kappa shape index (κ2) is 23.9. The molecule has 0 fully saturated rings. The molecule has 0 spiro atoms. The van der Waals surface area contributed by atoms with E-state index in [2.05, 4.69) is 36.6 Å². The first-order valence-corrected chi connectivity index (χ1v) is 19.7. The minimum atomic E-state index is -1.32. The van der Waals surface area contributed by atoms with Gasteiger partial charge in [-0.2, -0.15) is 0 Å². The molecular weight excluding hydrogens is 763 g/mol. The molecule has 0 saturated heterocycles. The summed E-state index contributed by atoms with van der Waals surface area (Å²) in [6, 6.07) is 7.40. The molecule has 6 atom stereocenters. The Hall–Kier alpha value is -6.21. The van der Waals surface area contributed by atoms with Crippen molar-refractivity contribution in [1.82, 2.24) is 31.6 Å². The highest BCUT2D eigenvalue weighted by molar-refractivity contribution is 5.96. The summed E-state index contributed by atoms with van der Waals surface area (Å²) in [6.45, 7) is 3.57. The minimum Gasteiger partial charge on any atom is -0.508 e.